The summed E-state index contributed by atoms with van der Waals surface area (Å²) in [6.45, 7) is 0.649. The molecule has 1 aliphatic rings. The zero-order chi connectivity index (χ0) is 26.0. The average molecular weight is 520 g/mol. The lowest BCUT2D eigenvalue weighted by Gasteiger charge is -2.13. The van der Waals surface area contributed by atoms with E-state index in [4.69, 9.17) is 14.2 Å². The summed E-state index contributed by atoms with van der Waals surface area (Å²) in [6, 6.07) is 19.0. The van der Waals surface area contributed by atoms with Crippen LogP contribution in [-0.2, 0) is 23.2 Å². The largest absolute Gasteiger partial charge is 0.489 e. The van der Waals surface area contributed by atoms with Crippen LogP contribution in [0.5, 0.6) is 17.2 Å². The molecule has 0 fully saturated rings. The Morgan fingerprint density at radius 1 is 1.11 bits per heavy atom. The molecule has 0 spiro atoms. The quantitative estimate of drug-likeness (QED) is 0.367. The average Bonchev–Trinajstić information content (AvgIpc) is 3.56. The standard InChI is InChI=1S/C27H22FN3O5S/c1-30-14-19-11-25(31(15-19)37(32,33)22-6-2-4-18(10-22)13-29)23-9-8-21(12-24(23)28)34-16-20-5-3-7-26-27(20)36-17-35-26/h2-12,15,30H,14,16-17H2,1H3. The number of nitriles is 1. The summed E-state index contributed by atoms with van der Waals surface area (Å²) < 4.78 is 60.1. The van der Waals surface area contributed by atoms with Gasteiger partial charge in [0.05, 0.1) is 22.2 Å². The summed E-state index contributed by atoms with van der Waals surface area (Å²) in [5.74, 6) is 0.852. The van der Waals surface area contributed by atoms with Gasteiger partial charge in [0.1, 0.15) is 18.2 Å². The molecule has 0 bridgehead atoms. The van der Waals surface area contributed by atoms with Crippen molar-refractivity contribution in [2.45, 2.75) is 18.0 Å². The zero-order valence-corrected chi connectivity index (χ0v) is 20.6. The van der Waals surface area contributed by atoms with Crippen molar-refractivity contribution in [1.82, 2.24) is 9.29 Å². The molecule has 10 heteroatoms. The van der Waals surface area contributed by atoms with Gasteiger partial charge in [-0.2, -0.15) is 5.26 Å². The topological polar surface area (TPSA) is 103 Å². The van der Waals surface area contributed by atoms with Crippen LogP contribution in [0.3, 0.4) is 0 Å². The Hall–Kier alpha value is -4.33. The molecule has 3 aromatic carbocycles. The molecule has 0 radical (unpaired) electrons. The summed E-state index contributed by atoms with van der Waals surface area (Å²) in [7, 11) is -2.38. The van der Waals surface area contributed by atoms with E-state index in [0.717, 1.165) is 9.54 Å². The number of para-hydroxylation sites is 1. The molecule has 0 saturated carbocycles. The van der Waals surface area contributed by atoms with Crippen LogP contribution in [0.25, 0.3) is 11.3 Å². The van der Waals surface area contributed by atoms with E-state index in [2.05, 4.69) is 5.32 Å². The molecular formula is C27H22FN3O5S. The van der Waals surface area contributed by atoms with Crippen molar-refractivity contribution in [1.29, 1.82) is 5.26 Å². The number of benzene rings is 3. The molecule has 2 heterocycles. The van der Waals surface area contributed by atoms with Crippen LogP contribution in [0, 0.1) is 17.1 Å². The van der Waals surface area contributed by atoms with Crippen LogP contribution in [0.1, 0.15) is 16.7 Å². The van der Waals surface area contributed by atoms with E-state index >= 15 is 4.39 Å². The lowest BCUT2D eigenvalue weighted by Crippen LogP contribution is -2.14. The second kappa shape index (κ2) is 9.97. The monoisotopic (exact) mass is 519 g/mol. The second-order valence-corrected chi connectivity index (χ2v) is 10.1. The molecule has 1 aliphatic heterocycles. The second-order valence-electron chi connectivity index (χ2n) is 8.29. The van der Waals surface area contributed by atoms with E-state index in [-0.39, 0.29) is 40.9 Å². The molecule has 0 aliphatic carbocycles. The Balaban J connectivity index is 1.47. The van der Waals surface area contributed by atoms with Gasteiger partial charge in [0, 0.05) is 29.9 Å². The first-order chi connectivity index (χ1) is 17.9. The van der Waals surface area contributed by atoms with Gasteiger partial charge in [-0.15, -0.1) is 0 Å². The molecule has 0 atom stereocenters. The minimum atomic E-state index is -4.11. The number of fused-ring (bicyclic) bond motifs is 1. The number of halogens is 1. The normalized spacial score (nSPS) is 12.4. The van der Waals surface area contributed by atoms with Crippen molar-refractivity contribution in [3.05, 3.63) is 95.4 Å². The third-order valence-electron chi connectivity index (χ3n) is 5.83. The third kappa shape index (κ3) is 4.74. The Morgan fingerprint density at radius 2 is 1.95 bits per heavy atom. The zero-order valence-electron chi connectivity index (χ0n) is 19.8. The molecule has 0 amide bonds. The number of hydrogen-bond donors (Lipinski definition) is 1. The molecule has 188 valence electrons. The van der Waals surface area contributed by atoms with Crippen LogP contribution >= 0.6 is 0 Å². The minimum absolute atomic E-state index is 0.0682. The Kier molecular flexibility index (Phi) is 6.56. The minimum Gasteiger partial charge on any atom is -0.489 e. The molecule has 0 saturated heterocycles. The van der Waals surface area contributed by atoms with E-state index < -0.39 is 15.8 Å². The molecule has 0 unspecified atom stereocenters. The van der Waals surface area contributed by atoms with E-state index in [1.807, 2.05) is 18.2 Å². The Bertz CT molecular complexity index is 1630. The Labute approximate surface area is 213 Å². The fraction of sp³-hybridized carbons (Fsp3) is 0.148. The summed E-state index contributed by atoms with van der Waals surface area (Å²) >= 11 is 0. The first-order valence-electron chi connectivity index (χ1n) is 11.3. The molecule has 1 N–H and O–H groups in total. The highest BCUT2D eigenvalue weighted by Crippen LogP contribution is 2.36. The van der Waals surface area contributed by atoms with E-state index in [1.165, 1.54) is 42.6 Å². The first-order valence-corrected chi connectivity index (χ1v) is 12.8. The van der Waals surface area contributed by atoms with Crippen LogP contribution < -0.4 is 19.5 Å². The summed E-state index contributed by atoms with van der Waals surface area (Å²) in [6.07, 6.45) is 1.45. The molecule has 4 aromatic rings. The van der Waals surface area contributed by atoms with Crippen LogP contribution in [-0.4, -0.2) is 26.2 Å². The number of hydrogen-bond acceptors (Lipinski definition) is 7. The van der Waals surface area contributed by atoms with Gasteiger partial charge in [0.2, 0.25) is 6.79 Å². The van der Waals surface area contributed by atoms with Gasteiger partial charge in [-0.3, -0.25) is 0 Å². The summed E-state index contributed by atoms with van der Waals surface area (Å²) in [5.41, 5.74) is 1.86. The molecular weight excluding hydrogens is 497 g/mol. The van der Waals surface area contributed by atoms with Gasteiger partial charge < -0.3 is 19.5 Å². The van der Waals surface area contributed by atoms with E-state index in [1.54, 1.807) is 25.2 Å². The van der Waals surface area contributed by atoms with Crippen LogP contribution in [0.2, 0.25) is 0 Å². The number of aromatic nitrogens is 1. The fourth-order valence-electron chi connectivity index (χ4n) is 4.09. The SMILES string of the molecule is CNCc1cc(-c2ccc(OCc3cccc4c3OCO4)cc2F)n(S(=O)(=O)c2cccc(C#N)c2)c1. The third-order valence-corrected chi connectivity index (χ3v) is 7.50. The van der Waals surface area contributed by atoms with Crippen molar-refractivity contribution in [2.75, 3.05) is 13.8 Å². The number of ether oxygens (including phenoxy) is 3. The summed E-state index contributed by atoms with van der Waals surface area (Å²) in [5, 5.41) is 12.2. The Morgan fingerprint density at radius 3 is 2.73 bits per heavy atom. The maximum absolute atomic E-state index is 15.4. The van der Waals surface area contributed by atoms with Crippen molar-refractivity contribution in [2.24, 2.45) is 0 Å². The summed E-state index contributed by atoms with van der Waals surface area (Å²) in [4.78, 5) is -0.0682. The molecule has 1 aromatic heterocycles. The van der Waals surface area contributed by atoms with Crippen molar-refractivity contribution >= 4 is 10.0 Å². The highest BCUT2D eigenvalue weighted by Gasteiger charge is 2.24. The van der Waals surface area contributed by atoms with Crippen molar-refractivity contribution in [3.8, 4) is 34.6 Å². The fourth-order valence-corrected chi connectivity index (χ4v) is 5.53. The first kappa shape index (κ1) is 24.4. The van der Waals surface area contributed by atoms with Gasteiger partial charge in [-0.25, -0.2) is 16.8 Å². The van der Waals surface area contributed by atoms with Crippen LogP contribution in [0.15, 0.2) is 77.8 Å². The van der Waals surface area contributed by atoms with Crippen molar-refractivity contribution < 1.29 is 27.0 Å². The maximum Gasteiger partial charge on any atom is 0.268 e. The number of rotatable bonds is 8. The van der Waals surface area contributed by atoms with Gasteiger partial charge >= 0.3 is 0 Å². The van der Waals surface area contributed by atoms with Crippen LogP contribution in [0.4, 0.5) is 4.39 Å². The van der Waals surface area contributed by atoms with Gasteiger partial charge in [-0.1, -0.05) is 18.2 Å². The van der Waals surface area contributed by atoms with Crippen molar-refractivity contribution in [3.63, 3.8) is 0 Å². The number of nitrogens with zero attached hydrogens (tertiary/aromatic N) is 2. The molecule has 37 heavy (non-hydrogen) atoms. The lowest BCUT2D eigenvalue weighted by molar-refractivity contribution is 0.171. The van der Waals surface area contributed by atoms with Gasteiger partial charge in [-0.05, 0) is 55.1 Å². The highest BCUT2D eigenvalue weighted by atomic mass is 32.2. The van der Waals surface area contributed by atoms with E-state index in [9.17, 15) is 13.7 Å². The number of nitrogens with one attached hydrogen (secondary N) is 1. The predicted octanol–water partition coefficient (Wildman–Crippen LogP) is 4.43. The molecule has 5 rings (SSSR count). The van der Waals surface area contributed by atoms with E-state index in [0.29, 0.717) is 23.6 Å². The van der Waals surface area contributed by atoms with Gasteiger partial charge in [0.15, 0.2) is 11.5 Å². The predicted molar refractivity (Wildman–Crippen MR) is 133 cm³/mol. The smallest absolute Gasteiger partial charge is 0.268 e. The highest BCUT2D eigenvalue weighted by molar-refractivity contribution is 7.90. The lowest BCUT2D eigenvalue weighted by atomic mass is 10.1. The molecule has 8 nitrogen and oxygen atoms in total. The maximum atomic E-state index is 15.4. The van der Waals surface area contributed by atoms with Gasteiger partial charge in [0.25, 0.3) is 10.0 Å².